The van der Waals surface area contributed by atoms with Gasteiger partial charge in [0.25, 0.3) is 5.91 Å². The molecule has 6 nitrogen and oxygen atoms in total. The van der Waals surface area contributed by atoms with Crippen LogP contribution in [0.1, 0.15) is 22.8 Å². The second-order valence-electron chi connectivity index (χ2n) is 4.72. The second-order valence-corrected chi connectivity index (χ2v) is 4.72. The highest BCUT2D eigenvalue weighted by Crippen LogP contribution is 2.10. The molecule has 23 heavy (non-hydrogen) atoms. The van der Waals surface area contributed by atoms with Crippen molar-refractivity contribution in [2.45, 2.75) is 13.0 Å². The molecule has 0 bridgehead atoms. The molecule has 0 saturated carbocycles. The highest BCUT2D eigenvalue weighted by molar-refractivity contribution is 5.88. The predicted molar refractivity (Wildman–Crippen MR) is 83.0 cm³/mol. The Morgan fingerprint density at radius 2 is 1.78 bits per heavy atom. The predicted octanol–water partition coefficient (Wildman–Crippen LogP) is 0.968. The lowest BCUT2D eigenvalue weighted by atomic mass is 10.1. The molecule has 0 heterocycles. The summed E-state index contributed by atoms with van der Waals surface area (Å²) in [5.41, 5.74) is 3.09. The van der Waals surface area contributed by atoms with Crippen LogP contribution in [0.5, 0.6) is 5.75 Å². The lowest BCUT2D eigenvalue weighted by Crippen LogP contribution is -2.33. The standard InChI is InChI=1S/C17H16N2O4/c1-12(23-15-5-3-2-4-6-15)16(20)19-18-11-13-7-9-14(10-8-13)17(21)22/h2-12H,1H3,(H,19,20)(H,21,22)/p-1/b18-11-/t12-/m0/s1. The van der Waals surface area contributed by atoms with Crippen molar-refractivity contribution in [3.8, 4) is 5.75 Å². The third kappa shape index (κ3) is 4.96. The zero-order valence-corrected chi connectivity index (χ0v) is 12.4. The number of ether oxygens (including phenoxy) is 1. The van der Waals surface area contributed by atoms with Gasteiger partial charge in [-0.05, 0) is 30.2 Å². The van der Waals surface area contributed by atoms with E-state index in [9.17, 15) is 14.7 Å². The first-order valence-corrected chi connectivity index (χ1v) is 6.92. The summed E-state index contributed by atoms with van der Waals surface area (Å²) in [5, 5.41) is 14.4. The first-order valence-electron chi connectivity index (χ1n) is 6.92. The first-order chi connectivity index (χ1) is 11.1. The molecule has 0 radical (unpaired) electrons. The highest BCUT2D eigenvalue weighted by Gasteiger charge is 2.13. The van der Waals surface area contributed by atoms with Crippen LogP contribution >= 0.6 is 0 Å². The Bertz CT molecular complexity index is 696. The molecule has 0 aromatic heterocycles. The number of benzene rings is 2. The van der Waals surface area contributed by atoms with E-state index in [4.69, 9.17) is 4.74 Å². The number of carboxylic acids is 1. The van der Waals surface area contributed by atoms with Gasteiger partial charge in [-0.2, -0.15) is 5.10 Å². The van der Waals surface area contributed by atoms with Gasteiger partial charge in [-0.25, -0.2) is 5.43 Å². The maximum absolute atomic E-state index is 11.8. The van der Waals surface area contributed by atoms with Gasteiger partial charge in [-0.15, -0.1) is 0 Å². The van der Waals surface area contributed by atoms with Crippen LogP contribution in [-0.4, -0.2) is 24.2 Å². The van der Waals surface area contributed by atoms with Crippen molar-refractivity contribution in [1.82, 2.24) is 5.43 Å². The fourth-order valence-electron chi connectivity index (χ4n) is 1.72. The summed E-state index contributed by atoms with van der Waals surface area (Å²) >= 11 is 0. The Labute approximate surface area is 133 Å². The Kier molecular flexibility index (Phi) is 5.46. The van der Waals surface area contributed by atoms with Crippen LogP contribution in [0.15, 0.2) is 59.7 Å². The topological polar surface area (TPSA) is 90.8 Å². The molecule has 0 saturated heterocycles. The van der Waals surface area contributed by atoms with Crippen LogP contribution in [0.3, 0.4) is 0 Å². The third-order valence-electron chi connectivity index (χ3n) is 2.96. The van der Waals surface area contributed by atoms with E-state index < -0.39 is 18.0 Å². The van der Waals surface area contributed by atoms with E-state index >= 15 is 0 Å². The molecule has 118 valence electrons. The summed E-state index contributed by atoms with van der Waals surface area (Å²) in [6.45, 7) is 1.62. The number of carboxylic acid groups (broad SMARTS) is 1. The zero-order valence-electron chi connectivity index (χ0n) is 12.4. The van der Waals surface area contributed by atoms with Crippen LogP contribution in [0, 0.1) is 0 Å². The molecule has 2 aromatic rings. The molecule has 1 N–H and O–H groups in total. The van der Waals surface area contributed by atoms with Crippen molar-refractivity contribution in [2.24, 2.45) is 5.10 Å². The quantitative estimate of drug-likeness (QED) is 0.635. The van der Waals surface area contributed by atoms with Crippen LogP contribution in [-0.2, 0) is 4.79 Å². The van der Waals surface area contributed by atoms with Gasteiger partial charge < -0.3 is 14.6 Å². The van der Waals surface area contributed by atoms with Gasteiger partial charge in [0.15, 0.2) is 6.10 Å². The number of nitrogens with one attached hydrogen (secondary N) is 1. The van der Waals surface area contributed by atoms with Gasteiger partial charge in [-0.1, -0.05) is 42.5 Å². The minimum absolute atomic E-state index is 0.0797. The SMILES string of the molecule is C[C@H](Oc1ccccc1)C(=O)N/N=C\c1ccc(C(=O)[O-])cc1. The first kappa shape index (κ1) is 16.2. The van der Waals surface area contributed by atoms with E-state index in [1.807, 2.05) is 18.2 Å². The summed E-state index contributed by atoms with van der Waals surface area (Å²) in [4.78, 5) is 22.5. The van der Waals surface area contributed by atoms with E-state index in [2.05, 4.69) is 10.5 Å². The van der Waals surface area contributed by atoms with Crippen molar-refractivity contribution in [3.63, 3.8) is 0 Å². The number of rotatable bonds is 6. The molecule has 2 rings (SSSR count). The molecule has 0 fully saturated rings. The van der Waals surface area contributed by atoms with E-state index in [-0.39, 0.29) is 5.56 Å². The van der Waals surface area contributed by atoms with Crippen LogP contribution < -0.4 is 15.3 Å². The number of nitrogens with zero attached hydrogens (tertiary/aromatic N) is 1. The largest absolute Gasteiger partial charge is 0.545 e. The molecule has 0 aliphatic heterocycles. The number of amides is 1. The third-order valence-corrected chi connectivity index (χ3v) is 2.96. The molecule has 2 aromatic carbocycles. The fourth-order valence-corrected chi connectivity index (χ4v) is 1.72. The van der Waals surface area contributed by atoms with Gasteiger partial charge in [0.05, 0.1) is 12.2 Å². The normalized spacial score (nSPS) is 11.9. The summed E-state index contributed by atoms with van der Waals surface area (Å²) in [5.74, 6) is -1.04. The Hall–Kier alpha value is -3.15. The lowest BCUT2D eigenvalue weighted by Gasteiger charge is -2.12. The number of aromatic carboxylic acids is 1. The molecule has 1 amide bonds. The minimum Gasteiger partial charge on any atom is -0.545 e. The smallest absolute Gasteiger partial charge is 0.280 e. The van der Waals surface area contributed by atoms with E-state index in [1.165, 1.54) is 18.3 Å². The Morgan fingerprint density at radius 1 is 1.13 bits per heavy atom. The van der Waals surface area contributed by atoms with Crippen LogP contribution in [0.2, 0.25) is 0 Å². The number of hydrogen-bond donors (Lipinski definition) is 1. The minimum atomic E-state index is -1.24. The summed E-state index contributed by atoms with van der Waals surface area (Å²) in [7, 11) is 0. The Morgan fingerprint density at radius 3 is 2.39 bits per heavy atom. The number of para-hydroxylation sites is 1. The van der Waals surface area contributed by atoms with Gasteiger partial charge in [0.2, 0.25) is 0 Å². The molecule has 1 atom stereocenters. The molecular formula is C17H15N2O4-. The zero-order chi connectivity index (χ0) is 16.7. The number of carbonyl (C=O) groups excluding carboxylic acids is 2. The van der Waals surface area contributed by atoms with Gasteiger partial charge >= 0.3 is 0 Å². The summed E-state index contributed by atoms with van der Waals surface area (Å²) < 4.78 is 5.46. The number of carbonyl (C=O) groups is 2. The van der Waals surface area contributed by atoms with E-state index in [0.717, 1.165) is 0 Å². The van der Waals surface area contributed by atoms with Crippen molar-refractivity contribution < 1.29 is 19.4 Å². The average Bonchev–Trinajstić information content (AvgIpc) is 2.56. The molecule has 0 unspecified atom stereocenters. The molecule has 0 aliphatic rings. The van der Waals surface area contributed by atoms with Gasteiger partial charge in [-0.3, -0.25) is 4.79 Å². The number of hydrogen-bond acceptors (Lipinski definition) is 5. The second kappa shape index (κ2) is 7.74. The van der Waals surface area contributed by atoms with E-state index in [1.54, 1.807) is 31.2 Å². The average molecular weight is 311 g/mol. The Balaban J connectivity index is 1.86. The van der Waals surface area contributed by atoms with Crippen molar-refractivity contribution in [3.05, 3.63) is 65.7 Å². The fraction of sp³-hybridized carbons (Fsp3) is 0.118. The molecule has 6 heteroatoms. The van der Waals surface area contributed by atoms with E-state index in [0.29, 0.717) is 11.3 Å². The van der Waals surface area contributed by atoms with Crippen molar-refractivity contribution in [2.75, 3.05) is 0 Å². The van der Waals surface area contributed by atoms with Crippen LogP contribution in [0.25, 0.3) is 0 Å². The maximum Gasteiger partial charge on any atom is 0.280 e. The molecule has 0 spiro atoms. The monoisotopic (exact) mass is 311 g/mol. The van der Waals surface area contributed by atoms with Gasteiger partial charge in [0.1, 0.15) is 5.75 Å². The highest BCUT2D eigenvalue weighted by atomic mass is 16.5. The summed E-state index contributed by atoms with van der Waals surface area (Å²) in [6, 6.07) is 14.9. The van der Waals surface area contributed by atoms with Crippen LogP contribution in [0.4, 0.5) is 0 Å². The molecular weight excluding hydrogens is 296 g/mol. The summed E-state index contributed by atoms with van der Waals surface area (Å²) in [6.07, 6.45) is 0.710. The van der Waals surface area contributed by atoms with Gasteiger partial charge in [0, 0.05) is 0 Å². The number of hydrazone groups is 1. The maximum atomic E-state index is 11.8. The van der Waals surface area contributed by atoms with Crippen molar-refractivity contribution in [1.29, 1.82) is 0 Å². The molecule has 0 aliphatic carbocycles. The van der Waals surface area contributed by atoms with Crippen molar-refractivity contribution >= 4 is 18.1 Å². The lowest BCUT2D eigenvalue weighted by molar-refractivity contribution is -0.255.